The molecule has 0 aliphatic heterocycles. The van der Waals surface area contributed by atoms with Crippen LogP contribution in [0, 0.1) is 5.92 Å². The van der Waals surface area contributed by atoms with E-state index in [1.807, 2.05) is 0 Å². The number of nitrogens with two attached hydrogens (primary N) is 1. The number of methoxy groups -OCH3 is 1. The van der Waals surface area contributed by atoms with Crippen molar-refractivity contribution in [2.45, 2.75) is 25.2 Å². The van der Waals surface area contributed by atoms with Crippen molar-refractivity contribution >= 4 is 11.7 Å². The van der Waals surface area contributed by atoms with Gasteiger partial charge in [0.25, 0.3) is 0 Å². The second-order valence-corrected chi connectivity index (χ2v) is 4.50. The van der Waals surface area contributed by atoms with Crippen LogP contribution in [0.4, 0.5) is 5.69 Å². The van der Waals surface area contributed by atoms with Gasteiger partial charge in [0.05, 0.1) is 13.0 Å². The maximum Gasteiger partial charge on any atom is 0.311 e. The molecule has 1 aliphatic carbocycles. The van der Waals surface area contributed by atoms with Crippen LogP contribution in [-0.4, -0.2) is 18.2 Å². The molecule has 0 bridgehead atoms. The Balaban J connectivity index is 2.37. The molecule has 0 radical (unpaired) electrons. The van der Waals surface area contributed by atoms with Gasteiger partial charge in [0.15, 0.2) is 0 Å². The van der Waals surface area contributed by atoms with Crippen LogP contribution in [0.15, 0.2) is 18.2 Å². The molecule has 1 unspecified atom stereocenters. The normalized spacial score (nSPS) is 17.2. The van der Waals surface area contributed by atoms with E-state index in [1.165, 1.54) is 0 Å². The molecule has 0 spiro atoms. The van der Waals surface area contributed by atoms with E-state index in [0.29, 0.717) is 17.0 Å². The van der Waals surface area contributed by atoms with Gasteiger partial charge in [-0.25, -0.2) is 0 Å². The number of benzene rings is 1. The van der Waals surface area contributed by atoms with E-state index in [1.54, 1.807) is 25.3 Å². The Morgan fingerprint density at radius 2 is 2.24 bits per heavy atom. The quantitative estimate of drug-likeness (QED) is 0.785. The van der Waals surface area contributed by atoms with Gasteiger partial charge in [-0.1, -0.05) is 6.42 Å². The fraction of sp³-hybridized carbons (Fsp3) is 0.462. The molecular formula is C13H17NO3. The lowest BCUT2D eigenvalue weighted by molar-refractivity contribution is -0.141. The van der Waals surface area contributed by atoms with Crippen LogP contribution in [0.1, 0.15) is 30.7 Å². The Hall–Kier alpha value is -1.71. The molecule has 92 valence electrons. The molecule has 4 nitrogen and oxygen atoms in total. The predicted molar refractivity (Wildman–Crippen MR) is 65.1 cm³/mol. The number of hydrogen-bond donors (Lipinski definition) is 2. The third-order valence-electron chi connectivity index (χ3n) is 3.52. The van der Waals surface area contributed by atoms with Crippen LogP contribution in [0.5, 0.6) is 5.75 Å². The zero-order valence-corrected chi connectivity index (χ0v) is 9.85. The second kappa shape index (κ2) is 4.65. The minimum absolute atomic E-state index is 0.210. The number of carboxylic acid groups (broad SMARTS) is 1. The largest absolute Gasteiger partial charge is 0.497 e. The van der Waals surface area contributed by atoms with Gasteiger partial charge in [0.2, 0.25) is 0 Å². The van der Waals surface area contributed by atoms with Gasteiger partial charge in [-0.3, -0.25) is 4.79 Å². The Morgan fingerprint density at radius 3 is 2.71 bits per heavy atom. The molecule has 0 amide bonds. The Kier molecular flexibility index (Phi) is 3.22. The molecule has 1 atom stereocenters. The number of hydrogen-bond acceptors (Lipinski definition) is 3. The molecular weight excluding hydrogens is 218 g/mol. The Morgan fingerprint density at radius 1 is 1.53 bits per heavy atom. The van der Waals surface area contributed by atoms with Gasteiger partial charge in [-0.05, 0) is 42.5 Å². The van der Waals surface area contributed by atoms with Gasteiger partial charge in [-0.15, -0.1) is 0 Å². The number of carboxylic acids is 1. The average Bonchev–Trinajstić information content (AvgIpc) is 2.24. The van der Waals surface area contributed by atoms with E-state index >= 15 is 0 Å². The topological polar surface area (TPSA) is 72.5 Å². The van der Waals surface area contributed by atoms with Crippen molar-refractivity contribution < 1.29 is 14.6 Å². The zero-order valence-electron chi connectivity index (χ0n) is 9.85. The molecule has 1 aromatic carbocycles. The molecule has 0 saturated heterocycles. The van der Waals surface area contributed by atoms with Crippen LogP contribution in [-0.2, 0) is 4.79 Å². The SMILES string of the molecule is COc1ccc(N)c(C(C(=O)O)C2CCC2)c1. The van der Waals surface area contributed by atoms with Crippen molar-refractivity contribution in [3.05, 3.63) is 23.8 Å². The minimum Gasteiger partial charge on any atom is -0.497 e. The third-order valence-corrected chi connectivity index (χ3v) is 3.52. The first-order chi connectivity index (χ1) is 8.13. The average molecular weight is 235 g/mol. The predicted octanol–water partition coefficient (Wildman–Crippen LogP) is 2.25. The van der Waals surface area contributed by atoms with E-state index in [2.05, 4.69) is 0 Å². The van der Waals surface area contributed by atoms with E-state index in [0.717, 1.165) is 19.3 Å². The summed E-state index contributed by atoms with van der Waals surface area (Å²) in [5.74, 6) is -0.435. The van der Waals surface area contributed by atoms with Crippen LogP contribution in [0.25, 0.3) is 0 Å². The molecule has 0 aromatic heterocycles. The van der Waals surface area contributed by atoms with Crippen LogP contribution in [0.2, 0.25) is 0 Å². The number of aliphatic carboxylic acids is 1. The summed E-state index contributed by atoms with van der Waals surface area (Å²) in [6.45, 7) is 0. The van der Waals surface area contributed by atoms with E-state index in [9.17, 15) is 9.90 Å². The fourth-order valence-electron chi connectivity index (χ4n) is 2.31. The number of anilines is 1. The minimum atomic E-state index is -0.797. The monoisotopic (exact) mass is 235 g/mol. The van der Waals surface area contributed by atoms with Gasteiger partial charge in [0.1, 0.15) is 5.75 Å². The summed E-state index contributed by atoms with van der Waals surface area (Å²) in [6, 6.07) is 5.20. The lowest BCUT2D eigenvalue weighted by Crippen LogP contribution is -2.27. The van der Waals surface area contributed by atoms with Crippen molar-refractivity contribution in [3.8, 4) is 5.75 Å². The van der Waals surface area contributed by atoms with Gasteiger partial charge in [-0.2, -0.15) is 0 Å². The first kappa shape index (κ1) is 11.8. The highest BCUT2D eigenvalue weighted by molar-refractivity contribution is 5.79. The number of nitrogen functional groups attached to an aromatic ring is 1. The molecule has 3 N–H and O–H groups in total. The molecule has 1 aliphatic rings. The second-order valence-electron chi connectivity index (χ2n) is 4.50. The van der Waals surface area contributed by atoms with Crippen molar-refractivity contribution in [3.63, 3.8) is 0 Å². The summed E-state index contributed by atoms with van der Waals surface area (Å²) in [7, 11) is 1.56. The number of rotatable bonds is 4. The first-order valence-electron chi connectivity index (χ1n) is 5.79. The Bertz CT molecular complexity index is 427. The highest BCUT2D eigenvalue weighted by atomic mass is 16.5. The Labute approximate surface area is 100 Å². The molecule has 1 saturated carbocycles. The molecule has 17 heavy (non-hydrogen) atoms. The van der Waals surface area contributed by atoms with E-state index < -0.39 is 11.9 Å². The summed E-state index contributed by atoms with van der Waals surface area (Å²) in [5, 5.41) is 9.35. The highest BCUT2D eigenvalue weighted by Crippen LogP contribution is 2.42. The van der Waals surface area contributed by atoms with E-state index in [4.69, 9.17) is 10.5 Å². The van der Waals surface area contributed by atoms with Crippen molar-refractivity contribution in [2.24, 2.45) is 5.92 Å². The fourth-order valence-corrected chi connectivity index (χ4v) is 2.31. The first-order valence-corrected chi connectivity index (χ1v) is 5.79. The summed E-state index contributed by atoms with van der Waals surface area (Å²) in [5.41, 5.74) is 7.10. The van der Waals surface area contributed by atoms with Crippen LogP contribution in [0.3, 0.4) is 0 Å². The van der Waals surface area contributed by atoms with Crippen molar-refractivity contribution in [1.82, 2.24) is 0 Å². The maximum atomic E-state index is 11.4. The summed E-state index contributed by atoms with van der Waals surface area (Å²) >= 11 is 0. The van der Waals surface area contributed by atoms with Gasteiger partial charge >= 0.3 is 5.97 Å². The summed E-state index contributed by atoms with van der Waals surface area (Å²) < 4.78 is 5.12. The van der Waals surface area contributed by atoms with Gasteiger partial charge in [0, 0.05) is 5.69 Å². The molecule has 2 rings (SSSR count). The zero-order chi connectivity index (χ0) is 12.4. The maximum absolute atomic E-state index is 11.4. The highest BCUT2D eigenvalue weighted by Gasteiger charge is 2.35. The van der Waals surface area contributed by atoms with E-state index in [-0.39, 0.29) is 5.92 Å². The molecule has 4 heteroatoms. The number of ether oxygens (including phenoxy) is 1. The number of carbonyl (C=O) groups is 1. The van der Waals surface area contributed by atoms with Crippen LogP contribution < -0.4 is 10.5 Å². The third kappa shape index (κ3) is 2.20. The van der Waals surface area contributed by atoms with Crippen molar-refractivity contribution in [2.75, 3.05) is 12.8 Å². The lowest BCUT2D eigenvalue weighted by Gasteiger charge is -2.32. The van der Waals surface area contributed by atoms with Crippen LogP contribution >= 0.6 is 0 Å². The van der Waals surface area contributed by atoms with Gasteiger partial charge < -0.3 is 15.6 Å². The molecule has 0 heterocycles. The molecule has 1 aromatic rings. The molecule has 1 fully saturated rings. The summed E-state index contributed by atoms with van der Waals surface area (Å²) in [6.07, 6.45) is 3.04. The van der Waals surface area contributed by atoms with Crippen molar-refractivity contribution in [1.29, 1.82) is 0 Å². The summed E-state index contributed by atoms with van der Waals surface area (Å²) in [4.78, 5) is 11.4. The lowest BCUT2D eigenvalue weighted by atomic mass is 9.72. The standard InChI is InChI=1S/C13H17NO3/c1-17-9-5-6-11(14)10(7-9)12(13(15)16)8-3-2-4-8/h5-8,12H,2-4,14H2,1H3,(H,15,16). The smallest absolute Gasteiger partial charge is 0.311 e.